The average Bonchev–Trinajstić information content (AvgIpc) is 3.02. The van der Waals surface area contributed by atoms with Crippen LogP contribution < -0.4 is 5.32 Å². The van der Waals surface area contributed by atoms with Crippen LogP contribution in [0.15, 0.2) is 43.1 Å². The van der Waals surface area contributed by atoms with E-state index in [0.29, 0.717) is 30.8 Å². The SMILES string of the molecule is C=CC[C@@]1(c2nc(-c3ccccc3F)cn2C(=O)OC(C)(C)C)CCCCC(=O)N1. The van der Waals surface area contributed by atoms with Gasteiger partial charge in [0.2, 0.25) is 5.91 Å². The number of benzene rings is 1. The Morgan fingerprint density at radius 3 is 2.77 bits per heavy atom. The highest BCUT2D eigenvalue weighted by molar-refractivity contribution is 5.78. The Morgan fingerprint density at radius 2 is 2.10 bits per heavy atom. The van der Waals surface area contributed by atoms with Gasteiger partial charge in [-0.05, 0) is 52.2 Å². The Kier molecular flexibility index (Phi) is 6.10. The van der Waals surface area contributed by atoms with Crippen molar-refractivity contribution < 1.29 is 18.7 Å². The molecule has 160 valence electrons. The van der Waals surface area contributed by atoms with Crippen LogP contribution in [-0.4, -0.2) is 27.2 Å². The first-order valence-corrected chi connectivity index (χ1v) is 10.2. The first-order valence-electron chi connectivity index (χ1n) is 10.2. The minimum atomic E-state index is -0.921. The van der Waals surface area contributed by atoms with Crippen LogP contribution in [0, 0.1) is 5.82 Å². The molecule has 0 aliphatic carbocycles. The number of imidazole rings is 1. The molecule has 0 saturated carbocycles. The third kappa shape index (κ3) is 4.61. The van der Waals surface area contributed by atoms with Gasteiger partial charge in [-0.15, -0.1) is 6.58 Å². The summed E-state index contributed by atoms with van der Waals surface area (Å²) in [4.78, 5) is 30.1. The van der Waals surface area contributed by atoms with Crippen molar-refractivity contribution in [2.75, 3.05) is 0 Å². The van der Waals surface area contributed by atoms with Crippen LogP contribution in [0.2, 0.25) is 0 Å². The van der Waals surface area contributed by atoms with Crippen molar-refractivity contribution in [1.29, 1.82) is 0 Å². The molecule has 1 aromatic heterocycles. The number of rotatable bonds is 4. The zero-order valence-electron chi connectivity index (χ0n) is 17.7. The molecule has 30 heavy (non-hydrogen) atoms. The lowest BCUT2D eigenvalue weighted by molar-refractivity contribution is -0.122. The highest BCUT2D eigenvalue weighted by Crippen LogP contribution is 2.35. The second-order valence-corrected chi connectivity index (χ2v) is 8.61. The molecular weight excluding hydrogens is 385 g/mol. The maximum atomic E-state index is 14.4. The fraction of sp³-hybridized carbons (Fsp3) is 0.435. The monoisotopic (exact) mass is 413 g/mol. The molecule has 1 saturated heterocycles. The van der Waals surface area contributed by atoms with E-state index in [4.69, 9.17) is 4.74 Å². The number of ether oxygens (including phenoxy) is 1. The molecule has 3 rings (SSSR count). The number of nitrogens with one attached hydrogen (secondary N) is 1. The van der Waals surface area contributed by atoms with E-state index in [2.05, 4.69) is 16.9 Å². The van der Waals surface area contributed by atoms with Gasteiger partial charge in [-0.2, -0.15) is 0 Å². The molecule has 0 spiro atoms. The van der Waals surface area contributed by atoms with Crippen molar-refractivity contribution in [3.8, 4) is 11.3 Å². The molecule has 1 atom stereocenters. The summed E-state index contributed by atoms with van der Waals surface area (Å²) in [5.74, 6) is -0.230. The molecule has 2 heterocycles. The van der Waals surface area contributed by atoms with Crippen molar-refractivity contribution in [3.63, 3.8) is 0 Å². The molecule has 1 aliphatic rings. The minimum Gasteiger partial charge on any atom is -0.443 e. The topological polar surface area (TPSA) is 73.2 Å². The summed E-state index contributed by atoms with van der Waals surface area (Å²) in [6, 6.07) is 6.24. The zero-order valence-corrected chi connectivity index (χ0v) is 17.7. The van der Waals surface area contributed by atoms with Crippen LogP contribution in [-0.2, 0) is 15.1 Å². The van der Waals surface area contributed by atoms with E-state index >= 15 is 0 Å². The smallest absolute Gasteiger partial charge is 0.420 e. The highest BCUT2D eigenvalue weighted by atomic mass is 19.1. The molecule has 7 heteroatoms. The molecule has 1 amide bonds. The number of halogens is 1. The number of aromatic nitrogens is 2. The van der Waals surface area contributed by atoms with Crippen LogP contribution in [0.1, 0.15) is 58.7 Å². The van der Waals surface area contributed by atoms with Crippen molar-refractivity contribution in [2.24, 2.45) is 0 Å². The number of carbonyl (C=O) groups is 2. The largest absolute Gasteiger partial charge is 0.443 e. The number of hydrogen-bond acceptors (Lipinski definition) is 4. The van der Waals surface area contributed by atoms with Gasteiger partial charge in [0.25, 0.3) is 0 Å². The Hall–Kier alpha value is -2.96. The lowest BCUT2D eigenvalue weighted by Gasteiger charge is -2.32. The average molecular weight is 413 g/mol. The summed E-state index contributed by atoms with van der Waals surface area (Å²) in [5, 5.41) is 3.05. The van der Waals surface area contributed by atoms with Gasteiger partial charge in [-0.1, -0.05) is 24.6 Å². The quantitative estimate of drug-likeness (QED) is 0.721. The van der Waals surface area contributed by atoms with E-state index in [1.165, 1.54) is 16.8 Å². The van der Waals surface area contributed by atoms with E-state index in [1.807, 2.05) is 0 Å². The third-order valence-electron chi connectivity index (χ3n) is 5.00. The van der Waals surface area contributed by atoms with Crippen LogP contribution in [0.5, 0.6) is 0 Å². The van der Waals surface area contributed by atoms with Gasteiger partial charge < -0.3 is 10.1 Å². The molecule has 1 N–H and O–H groups in total. The normalized spacial score (nSPS) is 19.7. The van der Waals surface area contributed by atoms with E-state index < -0.39 is 23.1 Å². The minimum absolute atomic E-state index is 0.111. The molecule has 1 fully saturated rings. The van der Waals surface area contributed by atoms with Crippen molar-refractivity contribution in [2.45, 2.75) is 64.0 Å². The lowest BCUT2D eigenvalue weighted by Crippen LogP contribution is -2.47. The summed E-state index contributed by atoms with van der Waals surface area (Å²) in [5.41, 5.74) is -1.07. The molecule has 6 nitrogen and oxygen atoms in total. The van der Waals surface area contributed by atoms with E-state index in [1.54, 1.807) is 45.0 Å². The predicted octanol–water partition coefficient (Wildman–Crippen LogP) is 4.93. The molecule has 2 aromatic rings. The van der Waals surface area contributed by atoms with Crippen LogP contribution >= 0.6 is 0 Å². The molecule has 0 radical (unpaired) electrons. The van der Waals surface area contributed by atoms with Gasteiger partial charge in [0.05, 0.1) is 5.69 Å². The van der Waals surface area contributed by atoms with E-state index in [0.717, 1.165) is 12.8 Å². The number of nitrogens with zero attached hydrogens (tertiary/aromatic N) is 2. The Bertz CT molecular complexity index is 961. The summed E-state index contributed by atoms with van der Waals surface area (Å²) >= 11 is 0. The predicted molar refractivity (Wildman–Crippen MR) is 112 cm³/mol. The Balaban J connectivity index is 2.19. The van der Waals surface area contributed by atoms with Gasteiger partial charge in [0.15, 0.2) is 0 Å². The summed E-state index contributed by atoms with van der Waals surface area (Å²) in [6.45, 7) is 9.14. The maximum Gasteiger partial charge on any atom is 0.420 e. The molecule has 0 unspecified atom stereocenters. The van der Waals surface area contributed by atoms with Crippen LogP contribution in [0.4, 0.5) is 9.18 Å². The molecule has 0 bridgehead atoms. The van der Waals surface area contributed by atoms with E-state index in [-0.39, 0.29) is 11.5 Å². The van der Waals surface area contributed by atoms with Gasteiger partial charge in [0.1, 0.15) is 22.8 Å². The summed E-state index contributed by atoms with van der Waals surface area (Å²) in [7, 11) is 0. The lowest BCUT2D eigenvalue weighted by atomic mass is 9.88. The number of amides is 1. The molecular formula is C23H28FN3O3. The van der Waals surface area contributed by atoms with Crippen molar-refractivity contribution >= 4 is 12.0 Å². The fourth-order valence-corrected chi connectivity index (χ4v) is 3.73. The summed E-state index contributed by atoms with van der Waals surface area (Å²) in [6.07, 6.45) is 5.45. The van der Waals surface area contributed by atoms with Crippen LogP contribution in [0.25, 0.3) is 11.3 Å². The number of hydrogen-bond donors (Lipinski definition) is 1. The summed E-state index contributed by atoms with van der Waals surface area (Å²) < 4.78 is 21.3. The van der Waals surface area contributed by atoms with E-state index in [9.17, 15) is 14.0 Å². The Labute approximate surface area is 176 Å². The van der Waals surface area contributed by atoms with Crippen molar-refractivity contribution in [1.82, 2.24) is 14.9 Å². The highest BCUT2D eigenvalue weighted by Gasteiger charge is 2.40. The van der Waals surface area contributed by atoms with Crippen LogP contribution in [0.3, 0.4) is 0 Å². The second-order valence-electron chi connectivity index (χ2n) is 8.61. The van der Waals surface area contributed by atoms with Gasteiger partial charge >= 0.3 is 6.09 Å². The Morgan fingerprint density at radius 1 is 1.37 bits per heavy atom. The van der Waals surface area contributed by atoms with Gasteiger partial charge in [0, 0.05) is 18.2 Å². The zero-order chi connectivity index (χ0) is 21.9. The first kappa shape index (κ1) is 21.7. The molecule has 1 aromatic carbocycles. The van der Waals surface area contributed by atoms with Crippen molar-refractivity contribution in [3.05, 3.63) is 54.8 Å². The van der Waals surface area contributed by atoms with Gasteiger partial charge in [-0.25, -0.2) is 18.7 Å². The standard InChI is InChI=1S/C23H28FN3O3/c1-5-13-23(14-9-8-12-19(28)26-23)20-25-18(16-10-6-7-11-17(16)24)15-27(20)21(29)30-22(2,3)4/h5-7,10-11,15H,1,8-9,12-14H2,2-4H3,(H,26,28)/t23-/m0/s1. The van der Waals surface area contributed by atoms with Gasteiger partial charge in [-0.3, -0.25) is 4.79 Å². The number of carbonyl (C=O) groups excluding carboxylic acids is 2. The maximum absolute atomic E-state index is 14.4. The fourth-order valence-electron chi connectivity index (χ4n) is 3.73. The second kappa shape index (κ2) is 8.42. The molecule has 1 aliphatic heterocycles. The first-order chi connectivity index (χ1) is 14.1. The third-order valence-corrected chi connectivity index (χ3v) is 5.00.